The van der Waals surface area contributed by atoms with Gasteiger partial charge in [-0.15, -0.1) is 0 Å². The zero-order valence-electron chi connectivity index (χ0n) is 14.5. The van der Waals surface area contributed by atoms with E-state index in [9.17, 15) is 13.6 Å². The maximum atomic E-state index is 13.2. The van der Waals surface area contributed by atoms with E-state index < -0.39 is 5.92 Å². The Morgan fingerprint density at radius 2 is 1.96 bits per heavy atom. The highest BCUT2D eigenvalue weighted by atomic mass is 19.3. The standard InChI is InChI=1S/C17H24F2N4O2/c1-25-14-2-7-20-16(21-14)23-8-3-13(4-9-23)12-15(24)22-10-5-17(18,19)6-11-22/h2,7,13H,3-6,8-12H2,1H3. The third-order valence-electron chi connectivity index (χ3n) is 5.03. The van der Waals surface area contributed by atoms with E-state index in [0.29, 0.717) is 18.2 Å². The number of likely N-dealkylation sites (tertiary alicyclic amines) is 1. The van der Waals surface area contributed by atoms with Gasteiger partial charge in [0, 0.05) is 57.7 Å². The monoisotopic (exact) mass is 354 g/mol. The van der Waals surface area contributed by atoms with Gasteiger partial charge in [0.25, 0.3) is 5.92 Å². The molecule has 3 heterocycles. The first-order valence-corrected chi connectivity index (χ1v) is 8.74. The molecule has 0 bridgehead atoms. The second kappa shape index (κ2) is 7.49. The summed E-state index contributed by atoms with van der Waals surface area (Å²) in [6.07, 6.45) is 3.42. The van der Waals surface area contributed by atoms with Gasteiger partial charge in [0.2, 0.25) is 17.7 Å². The number of piperidine rings is 2. The first kappa shape index (κ1) is 17.8. The van der Waals surface area contributed by atoms with Crippen molar-refractivity contribution in [1.29, 1.82) is 0 Å². The van der Waals surface area contributed by atoms with Crippen molar-refractivity contribution in [2.45, 2.75) is 38.0 Å². The molecule has 8 heteroatoms. The molecule has 0 aromatic carbocycles. The van der Waals surface area contributed by atoms with Crippen LogP contribution in [-0.4, -0.2) is 60.0 Å². The highest BCUT2D eigenvalue weighted by molar-refractivity contribution is 5.76. The number of anilines is 1. The zero-order chi connectivity index (χ0) is 17.9. The summed E-state index contributed by atoms with van der Waals surface area (Å²) in [5, 5.41) is 0. The topological polar surface area (TPSA) is 58.6 Å². The molecule has 0 unspecified atom stereocenters. The first-order chi connectivity index (χ1) is 12.0. The molecular formula is C17H24F2N4O2. The van der Waals surface area contributed by atoms with Gasteiger partial charge in [-0.2, -0.15) is 4.98 Å². The van der Waals surface area contributed by atoms with Crippen LogP contribution in [-0.2, 0) is 4.79 Å². The van der Waals surface area contributed by atoms with Crippen LogP contribution in [0.2, 0.25) is 0 Å². The minimum Gasteiger partial charge on any atom is -0.481 e. The lowest BCUT2D eigenvalue weighted by Crippen LogP contribution is -2.44. The van der Waals surface area contributed by atoms with Crippen LogP contribution < -0.4 is 9.64 Å². The molecule has 3 rings (SSSR count). The largest absolute Gasteiger partial charge is 0.481 e. The van der Waals surface area contributed by atoms with Gasteiger partial charge >= 0.3 is 0 Å². The molecule has 138 valence electrons. The van der Waals surface area contributed by atoms with Crippen LogP contribution in [0, 0.1) is 5.92 Å². The van der Waals surface area contributed by atoms with E-state index in [1.165, 1.54) is 0 Å². The van der Waals surface area contributed by atoms with Crippen LogP contribution in [0.1, 0.15) is 32.1 Å². The second-order valence-electron chi connectivity index (χ2n) is 6.77. The predicted octanol–water partition coefficient (Wildman–Crippen LogP) is 2.35. The smallest absolute Gasteiger partial charge is 0.251 e. The van der Waals surface area contributed by atoms with Gasteiger partial charge in [0.1, 0.15) is 0 Å². The Morgan fingerprint density at radius 1 is 1.28 bits per heavy atom. The minimum atomic E-state index is -2.61. The summed E-state index contributed by atoms with van der Waals surface area (Å²) in [6, 6.07) is 1.71. The van der Waals surface area contributed by atoms with Crippen LogP contribution in [0.4, 0.5) is 14.7 Å². The normalized spacial score (nSPS) is 21.2. The molecule has 0 atom stereocenters. The Hall–Kier alpha value is -1.99. The fourth-order valence-corrected chi connectivity index (χ4v) is 3.39. The number of nitrogens with zero attached hydrogens (tertiary/aromatic N) is 4. The Kier molecular flexibility index (Phi) is 5.34. The lowest BCUT2D eigenvalue weighted by molar-refractivity contribution is -0.138. The molecule has 6 nitrogen and oxygen atoms in total. The summed E-state index contributed by atoms with van der Waals surface area (Å²) in [7, 11) is 1.57. The van der Waals surface area contributed by atoms with Crippen molar-refractivity contribution < 1.29 is 18.3 Å². The van der Waals surface area contributed by atoms with E-state index in [1.807, 2.05) is 0 Å². The number of alkyl halides is 2. The van der Waals surface area contributed by atoms with Gasteiger partial charge in [-0.05, 0) is 18.8 Å². The summed E-state index contributed by atoms with van der Waals surface area (Å²) < 4.78 is 31.5. The number of amides is 1. The maximum Gasteiger partial charge on any atom is 0.251 e. The molecule has 0 aliphatic carbocycles. The number of rotatable bonds is 4. The molecule has 1 amide bonds. The fraction of sp³-hybridized carbons (Fsp3) is 0.706. The van der Waals surface area contributed by atoms with Crippen molar-refractivity contribution in [2.24, 2.45) is 5.92 Å². The molecule has 2 fully saturated rings. The van der Waals surface area contributed by atoms with E-state index in [-0.39, 0.29) is 37.8 Å². The Morgan fingerprint density at radius 3 is 2.60 bits per heavy atom. The highest BCUT2D eigenvalue weighted by Gasteiger charge is 2.36. The van der Waals surface area contributed by atoms with Crippen LogP contribution in [0.5, 0.6) is 5.88 Å². The van der Waals surface area contributed by atoms with Crippen molar-refractivity contribution in [3.05, 3.63) is 12.3 Å². The van der Waals surface area contributed by atoms with Crippen LogP contribution in [0.15, 0.2) is 12.3 Å². The Bertz CT molecular complexity index is 596. The van der Waals surface area contributed by atoms with Gasteiger partial charge in [-0.1, -0.05) is 0 Å². The molecule has 1 aromatic heterocycles. The lowest BCUT2D eigenvalue weighted by Gasteiger charge is -2.35. The van der Waals surface area contributed by atoms with Crippen molar-refractivity contribution in [3.8, 4) is 5.88 Å². The highest BCUT2D eigenvalue weighted by Crippen LogP contribution is 2.29. The summed E-state index contributed by atoms with van der Waals surface area (Å²) in [6.45, 7) is 1.90. The average Bonchev–Trinajstić information content (AvgIpc) is 2.62. The molecule has 0 spiro atoms. The van der Waals surface area contributed by atoms with Crippen LogP contribution in [0.25, 0.3) is 0 Å². The molecule has 0 radical (unpaired) electrons. The molecular weight excluding hydrogens is 330 g/mol. The number of hydrogen-bond donors (Lipinski definition) is 0. The zero-order valence-corrected chi connectivity index (χ0v) is 14.5. The van der Waals surface area contributed by atoms with Crippen LogP contribution in [0.3, 0.4) is 0 Å². The van der Waals surface area contributed by atoms with Gasteiger partial charge in [-0.3, -0.25) is 4.79 Å². The van der Waals surface area contributed by atoms with Crippen LogP contribution >= 0.6 is 0 Å². The number of carbonyl (C=O) groups excluding carboxylic acids is 1. The number of carbonyl (C=O) groups is 1. The number of aromatic nitrogens is 2. The van der Waals surface area contributed by atoms with Gasteiger partial charge in [0.15, 0.2) is 0 Å². The third-order valence-corrected chi connectivity index (χ3v) is 5.03. The summed E-state index contributed by atoms with van der Waals surface area (Å²) in [5.41, 5.74) is 0. The van der Waals surface area contributed by atoms with Crippen molar-refractivity contribution in [1.82, 2.24) is 14.9 Å². The quantitative estimate of drug-likeness (QED) is 0.831. The molecule has 0 saturated carbocycles. The summed E-state index contributed by atoms with van der Waals surface area (Å²) in [4.78, 5) is 24.6. The summed E-state index contributed by atoms with van der Waals surface area (Å²) in [5.74, 6) is -1.14. The van der Waals surface area contributed by atoms with E-state index in [2.05, 4.69) is 14.9 Å². The molecule has 2 saturated heterocycles. The fourth-order valence-electron chi connectivity index (χ4n) is 3.39. The number of hydrogen-bond acceptors (Lipinski definition) is 5. The molecule has 1 aromatic rings. The van der Waals surface area contributed by atoms with E-state index in [0.717, 1.165) is 25.9 Å². The van der Waals surface area contributed by atoms with E-state index in [4.69, 9.17) is 4.74 Å². The number of halogens is 2. The molecule has 2 aliphatic rings. The maximum absolute atomic E-state index is 13.2. The van der Waals surface area contributed by atoms with Crippen molar-refractivity contribution in [3.63, 3.8) is 0 Å². The van der Waals surface area contributed by atoms with E-state index >= 15 is 0 Å². The third kappa shape index (κ3) is 4.55. The molecule has 25 heavy (non-hydrogen) atoms. The minimum absolute atomic E-state index is 0.00609. The molecule has 0 N–H and O–H groups in total. The summed E-state index contributed by atoms with van der Waals surface area (Å²) >= 11 is 0. The lowest BCUT2D eigenvalue weighted by atomic mass is 9.92. The number of ether oxygens (including phenoxy) is 1. The van der Waals surface area contributed by atoms with Gasteiger partial charge in [0.05, 0.1) is 7.11 Å². The SMILES string of the molecule is COc1ccnc(N2CCC(CC(=O)N3CCC(F)(F)CC3)CC2)n1. The van der Waals surface area contributed by atoms with Crippen molar-refractivity contribution in [2.75, 3.05) is 38.2 Å². The molecule has 2 aliphatic heterocycles. The van der Waals surface area contributed by atoms with E-state index in [1.54, 1.807) is 24.3 Å². The Labute approximate surface area is 146 Å². The predicted molar refractivity (Wildman–Crippen MR) is 88.9 cm³/mol. The van der Waals surface area contributed by atoms with Crippen molar-refractivity contribution >= 4 is 11.9 Å². The second-order valence-corrected chi connectivity index (χ2v) is 6.77. The number of methoxy groups -OCH3 is 1. The van der Waals surface area contributed by atoms with Gasteiger partial charge in [-0.25, -0.2) is 13.8 Å². The average molecular weight is 354 g/mol. The Balaban J connectivity index is 1.47. The first-order valence-electron chi connectivity index (χ1n) is 8.74. The van der Waals surface area contributed by atoms with Gasteiger partial charge < -0.3 is 14.5 Å².